The number of benzene rings is 2. The lowest BCUT2D eigenvalue weighted by molar-refractivity contribution is 0.102. The van der Waals surface area contributed by atoms with Crippen LogP contribution in [0.3, 0.4) is 0 Å². The molecule has 0 saturated heterocycles. The third kappa shape index (κ3) is 5.48. The Morgan fingerprint density at radius 2 is 1.83 bits per heavy atom. The third-order valence-electron chi connectivity index (χ3n) is 4.74. The summed E-state index contributed by atoms with van der Waals surface area (Å²) < 4.78 is 55.3. The average molecular weight is 420 g/mol. The van der Waals surface area contributed by atoms with Gasteiger partial charge in [0, 0.05) is 6.54 Å². The minimum absolute atomic E-state index is 0.232. The fraction of sp³-hybridized carbons (Fsp3) is 0.286. The molecule has 8 heteroatoms. The first kappa shape index (κ1) is 21.1. The Bertz CT molecular complexity index is 1040. The van der Waals surface area contributed by atoms with Crippen molar-refractivity contribution in [1.82, 2.24) is 4.72 Å². The lowest BCUT2D eigenvalue weighted by atomic mass is 9.97. The van der Waals surface area contributed by atoms with Crippen LogP contribution in [0.25, 0.3) is 0 Å². The zero-order valence-electron chi connectivity index (χ0n) is 15.8. The second kappa shape index (κ2) is 9.28. The van der Waals surface area contributed by atoms with Gasteiger partial charge in [0.1, 0.15) is 11.6 Å². The van der Waals surface area contributed by atoms with Gasteiger partial charge < -0.3 is 5.32 Å². The van der Waals surface area contributed by atoms with E-state index < -0.39 is 27.6 Å². The molecule has 0 unspecified atom stereocenters. The molecule has 0 bridgehead atoms. The molecule has 0 saturated carbocycles. The zero-order valence-corrected chi connectivity index (χ0v) is 16.6. The molecule has 0 atom stereocenters. The Balaban J connectivity index is 1.65. The highest BCUT2D eigenvalue weighted by Crippen LogP contribution is 2.22. The van der Waals surface area contributed by atoms with Crippen molar-refractivity contribution >= 4 is 21.6 Å². The Morgan fingerprint density at radius 3 is 2.52 bits per heavy atom. The van der Waals surface area contributed by atoms with Crippen molar-refractivity contribution in [2.24, 2.45) is 0 Å². The minimum atomic E-state index is -3.88. The van der Waals surface area contributed by atoms with Crippen LogP contribution in [0.4, 0.5) is 14.5 Å². The van der Waals surface area contributed by atoms with Crippen molar-refractivity contribution in [3.8, 4) is 0 Å². The number of amides is 1. The molecule has 1 aliphatic rings. The van der Waals surface area contributed by atoms with Crippen LogP contribution < -0.4 is 10.0 Å². The van der Waals surface area contributed by atoms with Crippen molar-refractivity contribution in [2.45, 2.75) is 37.0 Å². The van der Waals surface area contributed by atoms with E-state index in [-0.39, 0.29) is 22.7 Å². The monoisotopic (exact) mass is 420 g/mol. The molecule has 5 nitrogen and oxygen atoms in total. The normalized spacial score (nSPS) is 14.3. The Hall–Kier alpha value is -2.58. The van der Waals surface area contributed by atoms with Gasteiger partial charge in [-0.25, -0.2) is 21.9 Å². The molecule has 1 aliphatic carbocycles. The highest BCUT2D eigenvalue weighted by Gasteiger charge is 2.18. The SMILES string of the molecule is O=C(Nc1ccc(S(=O)(=O)NCCC2=CCCCC2)cc1F)c1ccccc1F. The van der Waals surface area contributed by atoms with Crippen LogP contribution in [0.2, 0.25) is 0 Å². The number of carbonyl (C=O) groups is 1. The molecule has 0 radical (unpaired) electrons. The molecule has 0 spiro atoms. The summed E-state index contributed by atoms with van der Waals surface area (Å²) >= 11 is 0. The summed E-state index contributed by atoms with van der Waals surface area (Å²) in [5.41, 5.74) is 0.767. The number of nitrogens with one attached hydrogen (secondary N) is 2. The van der Waals surface area contributed by atoms with Crippen molar-refractivity contribution in [2.75, 3.05) is 11.9 Å². The molecule has 0 heterocycles. The van der Waals surface area contributed by atoms with E-state index in [4.69, 9.17) is 0 Å². The van der Waals surface area contributed by atoms with Crippen LogP contribution in [0, 0.1) is 11.6 Å². The Morgan fingerprint density at radius 1 is 1.03 bits per heavy atom. The average Bonchev–Trinajstić information content (AvgIpc) is 2.70. The van der Waals surface area contributed by atoms with Gasteiger partial charge in [-0.15, -0.1) is 0 Å². The van der Waals surface area contributed by atoms with Crippen molar-refractivity contribution in [3.05, 3.63) is 71.3 Å². The molecule has 1 amide bonds. The molecular weight excluding hydrogens is 398 g/mol. The van der Waals surface area contributed by atoms with Crippen LogP contribution in [0.5, 0.6) is 0 Å². The third-order valence-corrected chi connectivity index (χ3v) is 6.20. The summed E-state index contributed by atoms with van der Waals surface area (Å²) in [6.07, 6.45) is 7.04. The number of carbonyl (C=O) groups excluding carboxylic acids is 1. The van der Waals surface area contributed by atoms with Gasteiger partial charge in [0.05, 0.1) is 16.1 Å². The van der Waals surface area contributed by atoms with E-state index in [2.05, 4.69) is 16.1 Å². The second-order valence-electron chi connectivity index (χ2n) is 6.83. The van der Waals surface area contributed by atoms with Gasteiger partial charge >= 0.3 is 0 Å². The van der Waals surface area contributed by atoms with Gasteiger partial charge in [-0.3, -0.25) is 4.79 Å². The number of sulfonamides is 1. The minimum Gasteiger partial charge on any atom is -0.319 e. The molecule has 2 aromatic rings. The number of rotatable bonds is 7. The number of anilines is 1. The maximum atomic E-state index is 14.4. The molecular formula is C21H22F2N2O3S. The van der Waals surface area contributed by atoms with Crippen LogP contribution in [-0.4, -0.2) is 20.9 Å². The van der Waals surface area contributed by atoms with E-state index in [9.17, 15) is 22.0 Å². The lowest BCUT2D eigenvalue weighted by Crippen LogP contribution is -2.25. The van der Waals surface area contributed by atoms with Crippen LogP contribution in [0.15, 0.2) is 59.0 Å². The maximum absolute atomic E-state index is 14.4. The Labute approximate surface area is 168 Å². The number of halogens is 2. The highest BCUT2D eigenvalue weighted by atomic mass is 32.2. The largest absolute Gasteiger partial charge is 0.319 e. The van der Waals surface area contributed by atoms with Gasteiger partial charge in [0.15, 0.2) is 0 Å². The van der Waals surface area contributed by atoms with E-state index >= 15 is 0 Å². The van der Waals surface area contributed by atoms with Gasteiger partial charge in [-0.1, -0.05) is 23.8 Å². The van der Waals surface area contributed by atoms with Crippen molar-refractivity contribution < 1.29 is 22.0 Å². The molecule has 2 aromatic carbocycles. The summed E-state index contributed by atoms with van der Waals surface area (Å²) in [6, 6.07) is 8.49. The van der Waals surface area contributed by atoms with E-state index in [1.807, 2.05) is 0 Å². The first-order chi connectivity index (χ1) is 13.9. The van der Waals surface area contributed by atoms with Crippen LogP contribution in [0.1, 0.15) is 42.5 Å². The van der Waals surface area contributed by atoms with E-state index in [0.717, 1.165) is 43.9 Å². The summed E-state index contributed by atoms with van der Waals surface area (Å²) in [5, 5.41) is 2.26. The fourth-order valence-corrected chi connectivity index (χ4v) is 4.20. The van der Waals surface area contributed by atoms with Crippen molar-refractivity contribution in [1.29, 1.82) is 0 Å². The number of hydrogen-bond donors (Lipinski definition) is 2. The summed E-state index contributed by atoms with van der Waals surface area (Å²) in [6.45, 7) is 0.238. The lowest BCUT2D eigenvalue weighted by Gasteiger charge is -2.13. The molecule has 154 valence electrons. The molecule has 3 rings (SSSR count). The molecule has 2 N–H and O–H groups in total. The quantitative estimate of drug-likeness (QED) is 0.653. The molecule has 0 aliphatic heterocycles. The molecule has 0 fully saturated rings. The van der Waals surface area contributed by atoms with Gasteiger partial charge in [0.2, 0.25) is 10.0 Å². The van der Waals surface area contributed by atoms with Gasteiger partial charge in [-0.2, -0.15) is 0 Å². The number of hydrogen-bond acceptors (Lipinski definition) is 3. The van der Waals surface area contributed by atoms with Crippen LogP contribution in [-0.2, 0) is 10.0 Å². The summed E-state index contributed by atoms with van der Waals surface area (Å²) in [7, 11) is -3.88. The maximum Gasteiger partial charge on any atom is 0.258 e. The van der Waals surface area contributed by atoms with Crippen molar-refractivity contribution in [3.63, 3.8) is 0 Å². The highest BCUT2D eigenvalue weighted by molar-refractivity contribution is 7.89. The topological polar surface area (TPSA) is 75.3 Å². The standard InChI is InChI=1S/C21H22F2N2O3S/c22-18-9-5-4-8-17(18)21(26)25-20-11-10-16(14-19(20)23)29(27,28)24-13-12-15-6-2-1-3-7-15/h4-6,8-11,14,24H,1-3,7,12-13H2,(H,25,26). The smallest absolute Gasteiger partial charge is 0.258 e. The number of allylic oxidation sites excluding steroid dienone is 1. The Kier molecular flexibility index (Phi) is 6.76. The molecule has 0 aromatic heterocycles. The predicted octanol–water partition coefficient (Wildman–Crippen LogP) is 4.39. The fourth-order valence-electron chi connectivity index (χ4n) is 3.16. The van der Waals surface area contributed by atoms with Crippen LogP contribution >= 0.6 is 0 Å². The summed E-state index contributed by atoms with van der Waals surface area (Å²) in [5.74, 6) is -2.48. The summed E-state index contributed by atoms with van der Waals surface area (Å²) in [4.78, 5) is 11.9. The van der Waals surface area contributed by atoms with E-state index in [0.29, 0.717) is 6.42 Å². The first-order valence-electron chi connectivity index (χ1n) is 9.40. The van der Waals surface area contributed by atoms with E-state index in [1.54, 1.807) is 0 Å². The zero-order chi connectivity index (χ0) is 20.9. The van der Waals surface area contributed by atoms with Gasteiger partial charge in [-0.05, 0) is 62.4 Å². The molecule has 29 heavy (non-hydrogen) atoms. The van der Waals surface area contributed by atoms with E-state index in [1.165, 1.54) is 29.8 Å². The first-order valence-corrected chi connectivity index (χ1v) is 10.9. The van der Waals surface area contributed by atoms with Gasteiger partial charge in [0.25, 0.3) is 5.91 Å². The second-order valence-corrected chi connectivity index (χ2v) is 8.60. The predicted molar refractivity (Wildman–Crippen MR) is 107 cm³/mol.